The predicted octanol–water partition coefficient (Wildman–Crippen LogP) is 2.87. The van der Waals surface area contributed by atoms with E-state index in [9.17, 15) is 4.79 Å². The first-order valence-electron chi connectivity index (χ1n) is 6.42. The van der Waals surface area contributed by atoms with Gasteiger partial charge in [0.1, 0.15) is 5.78 Å². The summed E-state index contributed by atoms with van der Waals surface area (Å²) in [6, 6.07) is 0.561. The Morgan fingerprint density at radius 2 is 2.07 bits per heavy atom. The molecule has 2 heteroatoms. The van der Waals surface area contributed by atoms with Crippen LogP contribution in [0.4, 0.5) is 0 Å². The molecule has 0 heterocycles. The zero-order valence-corrected chi connectivity index (χ0v) is 10.5. The van der Waals surface area contributed by atoms with Crippen molar-refractivity contribution in [1.29, 1.82) is 0 Å². The van der Waals surface area contributed by atoms with Crippen LogP contribution in [0.1, 0.15) is 52.9 Å². The van der Waals surface area contributed by atoms with Gasteiger partial charge in [0.05, 0.1) is 0 Å². The fourth-order valence-electron chi connectivity index (χ4n) is 2.41. The number of hydrogen-bond donors (Lipinski definition) is 0. The lowest BCUT2D eigenvalue weighted by Crippen LogP contribution is -2.37. The minimum Gasteiger partial charge on any atom is -0.300 e. The van der Waals surface area contributed by atoms with Crippen LogP contribution < -0.4 is 0 Å². The van der Waals surface area contributed by atoms with Crippen molar-refractivity contribution in [2.45, 2.75) is 58.9 Å². The van der Waals surface area contributed by atoms with E-state index in [4.69, 9.17) is 0 Å². The van der Waals surface area contributed by atoms with Gasteiger partial charge in [0.25, 0.3) is 0 Å². The van der Waals surface area contributed by atoms with Crippen molar-refractivity contribution < 1.29 is 4.79 Å². The molecule has 88 valence electrons. The van der Waals surface area contributed by atoms with Crippen LogP contribution in [0.2, 0.25) is 0 Å². The van der Waals surface area contributed by atoms with Crippen LogP contribution in [0, 0.1) is 5.92 Å². The summed E-state index contributed by atoms with van der Waals surface area (Å²) in [5.41, 5.74) is 0. The van der Waals surface area contributed by atoms with Gasteiger partial charge < -0.3 is 4.90 Å². The highest BCUT2D eigenvalue weighted by molar-refractivity contribution is 5.81. The monoisotopic (exact) mass is 211 g/mol. The van der Waals surface area contributed by atoms with Crippen LogP contribution in [-0.4, -0.2) is 29.8 Å². The predicted molar refractivity (Wildman–Crippen MR) is 64.0 cm³/mol. The third kappa shape index (κ3) is 3.94. The van der Waals surface area contributed by atoms with E-state index in [1.54, 1.807) is 0 Å². The smallest absolute Gasteiger partial charge is 0.137 e. The standard InChI is InChI=1S/C13H25NO/c1-4-14(11(2)3)10-12-8-6-5-7-9-13(12)15/h11-12H,4-10H2,1-3H3. The minimum atomic E-state index is 0.315. The molecule has 0 saturated heterocycles. The van der Waals surface area contributed by atoms with Crippen LogP contribution in [-0.2, 0) is 4.79 Å². The highest BCUT2D eigenvalue weighted by Gasteiger charge is 2.23. The zero-order chi connectivity index (χ0) is 11.3. The lowest BCUT2D eigenvalue weighted by atomic mass is 9.98. The summed E-state index contributed by atoms with van der Waals surface area (Å²) >= 11 is 0. The van der Waals surface area contributed by atoms with Crippen LogP contribution in [0.15, 0.2) is 0 Å². The Morgan fingerprint density at radius 1 is 1.33 bits per heavy atom. The third-order valence-corrected chi connectivity index (χ3v) is 3.52. The Morgan fingerprint density at radius 3 is 2.67 bits per heavy atom. The summed E-state index contributed by atoms with van der Waals surface area (Å²) in [5.74, 6) is 0.821. The first-order chi connectivity index (χ1) is 7.15. The van der Waals surface area contributed by atoms with Crippen molar-refractivity contribution in [3.05, 3.63) is 0 Å². The third-order valence-electron chi connectivity index (χ3n) is 3.52. The van der Waals surface area contributed by atoms with Gasteiger partial charge in [0.2, 0.25) is 0 Å². The van der Waals surface area contributed by atoms with Crippen molar-refractivity contribution >= 4 is 5.78 Å². The normalized spacial score (nSPS) is 23.5. The molecule has 1 unspecified atom stereocenters. The van der Waals surface area contributed by atoms with E-state index >= 15 is 0 Å². The van der Waals surface area contributed by atoms with E-state index in [0.29, 0.717) is 17.7 Å². The second-order valence-corrected chi connectivity index (χ2v) is 4.94. The van der Waals surface area contributed by atoms with Crippen molar-refractivity contribution in [2.24, 2.45) is 5.92 Å². The summed E-state index contributed by atoms with van der Waals surface area (Å²) in [5, 5.41) is 0. The number of hydrogen-bond acceptors (Lipinski definition) is 2. The summed E-state index contributed by atoms with van der Waals surface area (Å²) in [4.78, 5) is 14.3. The largest absolute Gasteiger partial charge is 0.300 e. The topological polar surface area (TPSA) is 20.3 Å². The molecule has 0 aromatic carbocycles. The van der Waals surface area contributed by atoms with Gasteiger partial charge in [-0.2, -0.15) is 0 Å². The Labute approximate surface area is 94.0 Å². The van der Waals surface area contributed by atoms with Gasteiger partial charge in [-0.3, -0.25) is 4.79 Å². The SMILES string of the molecule is CCN(CC1CCCCCC1=O)C(C)C. The number of rotatable bonds is 4. The molecule has 0 N–H and O–H groups in total. The van der Waals surface area contributed by atoms with Gasteiger partial charge in [-0.1, -0.05) is 19.8 Å². The molecule has 0 radical (unpaired) electrons. The van der Waals surface area contributed by atoms with Gasteiger partial charge >= 0.3 is 0 Å². The summed E-state index contributed by atoms with van der Waals surface area (Å²) < 4.78 is 0. The van der Waals surface area contributed by atoms with Gasteiger partial charge in [0.15, 0.2) is 0 Å². The van der Waals surface area contributed by atoms with E-state index in [1.807, 2.05) is 0 Å². The van der Waals surface area contributed by atoms with Gasteiger partial charge in [0, 0.05) is 24.9 Å². The molecule has 0 aromatic rings. The Balaban J connectivity index is 2.49. The molecule has 1 fully saturated rings. The molecular formula is C13H25NO. The van der Waals surface area contributed by atoms with Gasteiger partial charge in [-0.05, 0) is 33.2 Å². The lowest BCUT2D eigenvalue weighted by molar-refractivity contribution is -0.123. The molecule has 0 bridgehead atoms. The fourth-order valence-corrected chi connectivity index (χ4v) is 2.41. The van der Waals surface area contributed by atoms with E-state index in [-0.39, 0.29) is 0 Å². The highest BCUT2D eigenvalue weighted by atomic mass is 16.1. The maximum Gasteiger partial charge on any atom is 0.137 e. The number of carbonyl (C=O) groups is 1. The number of carbonyl (C=O) groups excluding carboxylic acids is 1. The molecule has 1 rings (SSSR count). The maximum atomic E-state index is 11.9. The lowest BCUT2D eigenvalue weighted by Gasteiger charge is -2.28. The number of ketones is 1. The van der Waals surface area contributed by atoms with E-state index in [1.165, 1.54) is 12.8 Å². The Kier molecular flexibility index (Phi) is 5.30. The fraction of sp³-hybridized carbons (Fsp3) is 0.923. The molecule has 1 aliphatic rings. The molecule has 0 aliphatic heterocycles. The van der Waals surface area contributed by atoms with E-state index in [2.05, 4.69) is 25.7 Å². The van der Waals surface area contributed by atoms with E-state index < -0.39 is 0 Å². The van der Waals surface area contributed by atoms with Crippen LogP contribution in [0.25, 0.3) is 0 Å². The van der Waals surface area contributed by atoms with Crippen LogP contribution in [0.5, 0.6) is 0 Å². The average Bonchev–Trinajstić information content (AvgIpc) is 2.39. The molecule has 15 heavy (non-hydrogen) atoms. The molecule has 0 amide bonds. The minimum absolute atomic E-state index is 0.315. The van der Waals surface area contributed by atoms with Crippen molar-refractivity contribution in [3.63, 3.8) is 0 Å². The quantitative estimate of drug-likeness (QED) is 0.666. The Hall–Kier alpha value is -0.370. The number of nitrogens with zero attached hydrogens (tertiary/aromatic N) is 1. The van der Waals surface area contributed by atoms with Crippen LogP contribution in [0.3, 0.4) is 0 Å². The molecule has 0 aromatic heterocycles. The Bertz CT molecular complexity index is 201. The molecule has 0 spiro atoms. The zero-order valence-electron chi connectivity index (χ0n) is 10.5. The van der Waals surface area contributed by atoms with Gasteiger partial charge in [-0.15, -0.1) is 0 Å². The summed E-state index contributed by atoms with van der Waals surface area (Å²) in [7, 11) is 0. The summed E-state index contributed by atoms with van der Waals surface area (Å²) in [6.45, 7) is 8.64. The van der Waals surface area contributed by atoms with E-state index in [0.717, 1.165) is 32.4 Å². The molecule has 1 saturated carbocycles. The maximum absolute atomic E-state index is 11.9. The second kappa shape index (κ2) is 6.26. The van der Waals surface area contributed by atoms with Gasteiger partial charge in [-0.25, -0.2) is 0 Å². The first-order valence-corrected chi connectivity index (χ1v) is 6.42. The first kappa shape index (κ1) is 12.7. The second-order valence-electron chi connectivity index (χ2n) is 4.94. The van der Waals surface area contributed by atoms with Crippen molar-refractivity contribution in [1.82, 2.24) is 4.90 Å². The van der Waals surface area contributed by atoms with Crippen molar-refractivity contribution in [3.8, 4) is 0 Å². The highest BCUT2D eigenvalue weighted by Crippen LogP contribution is 2.21. The molecule has 1 atom stereocenters. The molecular weight excluding hydrogens is 186 g/mol. The summed E-state index contributed by atoms with van der Waals surface area (Å²) in [6.07, 6.45) is 5.54. The van der Waals surface area contributed by atoms with Crippen LogP contribution >= 0.6 is 0 Å². The molecule has 2 nitrogen and oxygen atoms in total. The molecule has 1 aliphatic carbocycles. The number of Topliss-reactive ketones (excluding diaryl/α,β-unsaturated/α-hetero) is 1. The van der Waals surface area contributed by atoms with Crippen molar-refractivity contribution in [2.75, 3.05) is 13.1 Å². The average molecular weight is 211 g/mol.